The first-order valence-corrected chi connectivity index (χ1v) is 10.3. The molecule has 1 N–H and O–H groups in total. The van der Waals surface area contributed by atoms with Crippen LogP contribution in [0.15, 0.2) is 78.5 Å². The Morgan fingerprint density at radius 3 is 2.60 bits per heavy atom. The summed E-state index contributed by atoms with van der Waals surface area (Å²) in [5, 5.41) is 3.32. The second-order valence-corrected chi connectivity index (χ2v) is 8.70. The molecular formula is C26H18N2O2. The number of amides is 1. The maximum Gasteiger partial charge on any atom is 0.274 e. The van der Waals surface area contributed by atoms with Crippen molar-refractivity contribution in [1.29, 1.82) is 0 Å². The molecule has 1 aromatic heterocycles. The summed E-state index contributed by atoms with van der Waals surface area (Å²) in [6.45, 7) is 0.670. The zero-order valence-corrected chi connectivity index (χ0v) is 16.2. The van der Waals surface area contributed by atoms with Gasteiger partial charge in [0.05, 0.1) is 0 Å². The molecule has 144 valence electrons. The van der Waals surface area contributed by atoms with E-state index in [2.05, 4.69) is 35.3 Å². The quantitative estimate of drug-likeness (QED) is 0.507. The molecule has 4 nitrogen and oxygen atoms in total. The number of piperidine rings is 1. The Morgan fingerprint density at radius 2 is 1.73 bits per heavy atom. The summed E-state index contributed by atoms with van der Waals surface area (Å²) in [6.07, 6.45) is 2.72. The largest absolute Gasteiger partial charge is 0.350 e. The highest BCUT2D eigenvalue weighted by molar-refractivity contribution is 6.10. The van der Waals surface area contributed by atoms with E-state index in [-0.39, 0.29) is 17.1 Å². The predicted octanol–water partition coefficient (Wildman–Crippen LogP) is 4.82. The van der Waals surface area contributed by atoms with Crippen molar-refractivity contribution in [2.24, 2.45) is 5.92 Å². The molecule has 2 aliphatic carbocycles. The zero-order chi connectivity index (χ0) is 20.0. The van der Waals surface area contributed by atoms with Crippen molar-refractivity contribution < 1.29 is 9.59 Å². The van der Waals surface area contributed by atoms with E-state index in [1.807, 2.05) is 41.3 Å². The molecule has 1 amide bonds. The Bertz CT molecular complexity index is 1410. The Balaban J connectivity index is 1.32. The van der Waals surface area contributed by atoms with Crippen LogP contribution in [-0.2, 0) is 5.41 Å². The van der Waals surface area contributed by atoms with Crippen molar-refractivity contribution in [3.63, 3.8) is 0 Å². The number of aromatic nitrogens is 1. The number of carbonyl (C=O) groups excluding carboxylic acids is 2. The van der Waals surface area contributed by atoms with Crippen molar-refractivity contribution in [2.45, 2.75) is 11.8 Å². The maximum absolute atomic E-state index is 13.5. The van der Waals surface area contributed by atoms with Gasteiger partial charge >= 0.3 is 0 Å². The SMILES string of the molecule is O=C1C=C2N(C(=O)c3cc4cc5ccccc5cc4[nH]3)C[C@@H]3C[C@]23c2ccccc21. The van der Waals surface area contributed by atoms with Crippen LogP contribution in [0.25, 0.3) is 21.7 Å². The second-order valence-electron chi connectivity index (χ2n) is 8.70. The average molecular weight is 390 g/mol. The fourth-order valence-corrected chi connectivity index (χ4v) is 5.66. The van der Waals surface area contributed by atoms with E-state index >= 15 is 0 Å². The van der Waals surface area contributed by atoms with E-state index < -0.39 is 0 Å². The Hall–Kier alpha value is -3.66. The topological polar surface area (TPSA) is 53.2 Å². The van der Waals surface area contributed by atoms with E-state index in [0.29, 0.717) is 18.2 Å². The first kappa shape index (κ1) is 16.2. The summed E-state index contributed by atoms with van der Waals surface area (Å²) in [6, 6.07) is 22.2. The Labute approximate surface area is 172 Å². The minimum Gasteiger partial charge on any atom is -0.350 e. The molecule has 1 saturated carbocycles. The van der Waals surface area contributed by atoms with E-state index in [9.17, 15) is 9.59 Å². The summed E-state index contributed by atoms with van der Waals surface area (Å²) in [5.74, 6) is 0.341. The lowest BCUT2D eigenvalue weighted by molar-refractivity contribution is 0.0806. The molecule has 2 heterocycles. The average Bonchev–Trinajstić information content (AvgIpc) is 3.17. The standard InChI is InChI=1S/C26H18N2O2/c29-23-12-24-26(20-8-4-3-7-19(20)23)13-18(26)14-28(24)25(30)22-11-17-9-15-5-1-2-6-16(15)10-21(17)27-22/h1-12,18,27H,13-14H2/t18-,26-/m0/s1. The molecule has 4 aromatic rings. The van der Waals surface area contributed by atoms with E-state index in [1.165, 1.54) is 0 Å². The normalized spacial score (nSPS) is 23.9. The van der Waals surface area contributed by atoms with Gasteiger partial charge in [-0.15, -0.1) is 0 Å². The van der Waals surface area contributed by atoms with Crippen LogP contribution < -0.4 is 0 Å². The third kappa shape index (κ3) is 1.91. The van der Waals surface area contributed by atoms with Gasteiger partial charge in [-0.25, -0.2) is 0 Å². The molecule has 2 fully saturated rings. The number of aromatic amines is 1. The lowest BCUT2D eigenvalue weighted by atomic mass is 9.81. The fourth-order valence-electron chi connectivity index (χ4n) is 5.66. The van der Waals surface area contributed by atoms with Gasteiger partial charge in [0.25, 0.3) is 5.91 Å². The number of ketones is 1. The molecule has 0 bridgehead atoms. The first-order valence-electron chi connectivity index (χ1n) is 10.3. The highest BCUT2D eigenvalue weighted by Gasteiger charge is 2.67. The van der Waals surface area contributed by atoms with Crippen molar-refractivity contribution in [3.8, 4) is 0 Å². The molecule has 0 radical (unpaired) electrons. The number of nitrogens with zero attached hydrogens (tertiary/aromatic N) is 1. The predicted molar refractivity (Wildman–Crippen MR) is 115 cm³/mol. The number of hydrogen-bond donors (Lipinski definition) is 1. The molecule has 4 heteroatoms. The number of allylic oxidation sites excluding steroid dienone is 2. The number of benzene rings is 3. The number of hydrogen-bond acceptors (Lipinski definition) is 2. The summed E-state index contributed by atoms with van der Waals surface area (Å²) in [7, 11) is 0. The van der Waals surface area contributed by atoms with Crippen LogP contribution in [0.1, 0.15) is 32.8 Å². The van der Waals surface area contributed by atoms with Gasteiger partial charge in [0.2, 0.25) is 0 Å². The minimum atomic E-state index is -0.152. The number of nitrogens with one attached hydrogen (secondary N) is 1. The second kappa shape index (κ2) is 5.28. The molecule has 7 rings (SSSR count). The van der Waals surface area contributed by atoms with Crippen LogP contribution in [0.5, 0.6) is 0 Å². The van der Waals surface area contributed by atoms with E-state index in [1.54, 1.807) is 6.08 Å². The highest BCUT2D eigenvalue weighted by atomic mass is 16.2. The van der Waals surface area contributed by atoms with Crippen LogP contribution >= 0.6 is 0 Å². The highest BCUT2D eigenvalue weighted by Crippen LogP contribution is 2.66. The van der Waals surface area contributed by atoms with Gasteiger partial charge in [-0.1, -0.05) is 48.5 Å². The van der Waals surface area contributed by atoms with Gasteiger partial charge in [-0.2, -0.15) is 0 Å². The van der Waals surface area contributed by atoms with Gasteiger partial charge in [0.1, 0.15) is 5.69 Å². The number of carbonyl (C=O) groups is 2. The van der Waals surface area contributed by atoms with Crippen LogP contribution in [0.3, 0.4) is 0 Å². The van der Waals surface area contributed by atoms with Crippen LogP contribution in [0.4, 0.5) is 0 Å². The zero-order valence-electron chi connectivity index (χ0n) is 16.2. The van der Waals surface area contributed by atoms with Crippen molar-refractivity contribution in [3.05, 3.63) is 95.3 Å². The molecule has 1 saturated heterocycles. The number of likely N-dealkylation sites (tertiary alicyclic amines) is 1. The monoisotopic (exact) mass is 390 g/mol. The number of rotatable bonds is 1. The fraction of sp³-hybridized carbons (Fsp3) is 0.154. The first-order chi connectivity index (χ1) is 14.6. The van der Waals surface area contributed by atoms with Crippen LogP contribution in [0.2, 0.25) is 0 Å². The molecule has 1 spiro atoms. The molecule has 0 unspecified atom stereocenters. The molecule has 2 atom stereocenters. The molecule has 3 aromatic carbocycles. The number of fused-ring (bicyclic) bond motifs is 3. The van der Waals surface area contributed by atoms with Crippen molar-refractivity contribution in [1.82, 2.24) is 9.88 Å². The van der Waals surface area contributed by atoms with E-state index in [0.717, 1.165) is 44.9 Å². The summed E-state index contributed by atoms with van der Waals surface area (Å²) in [5.41, 5.74) is 4.14. The molecular weight excluding hydrogens is 372 g/mol. The van der Waals surface area contributed by atoms with Gasteiger partial charge in [-0.3, -0.25) is 9.59 Å². The van der Waals surface area contributed by atoms with Crippen LogP contribution in [0, 0.1) is 5.92 Å². The summed E-state index contributed by atoms with van der Waals surface area (Å²) >= 11 is 0. The van der Waals surface area contributed by atoms with Gasteiger partial charge in [0.15, 0.2) is 5.78 Å². The van der Waals surface area contributed by atoms with Crippen LogP contribution in [-0.4, -0.2) is 28.1 Å². The third-order valence-electron chi connectivity index (χ3n) is 7.16. The van der Waals surface area contributed by atoms with Gasteiger partial charge < -0.3 is 9.88 Å². The number of H-pyrrole nitrogens is 1. The maximum atomic E-state index is 13.5. The van der Waals surface area contributed by atoms with Gasteiger partial charge in [0, 0.05) is 40.2 Å². The molecule has 3 aliphatic rings. The van der Waals surface area contributed by atoms with Crippen molar-refractivity contribution in [2.75, 3.05) is 6.54 Å². The van der Waals surface area contributed by atoms with E-state index in [4.69, 9.17) is 0 Å². The Morgan fingerprint density at radius 1 is 0.967 bits per heavy atom. The summed E-state index contributed by atoms with van der Waals surface area (Å²) < 4.78 is 0. The summed E-state index contributed by atoms with van der Waals surface area (Å²) in [4.78, 5) is 31.4. The smallest absolute Gasteiger partial charge is 0.274 e. The van der Waals surface area contributed by atoms with Gasteiger partial charge in [-0.05, 0) is 46.9 Å². The molecule has 30 heavy (non-hydrogen) atoms. The minimum absolute atomic E-state index is 0.000489. The molecule has 1 aliphatic heterocycles. The third-order valence-corrected chi connectivity index (χ3v) is 7.16. The van der Waals surface area contributed by atoms with Crippen molar-refractivity contribution >= 4 is 33.4 Å². The Kier molecular flexibility index (Phi) is 2.84. The lowest BCUT2D eigenvalue weighted by Crippen LogP contribution is -2.33. The lowest BCUT2D eigenvalue weighted by Gasteiger charge is -2.29.